The van der Waals surface area contributed by atoms with Gasteiger partial charge in [0.05, 0.1) is 0 Å². The molecule has 0 atom stereocenters. The summed E-state index contributed by atoms with van der Waals surface area (Å²) in [4.78, 5) is 23.1. The van der Waals surface area contributed by atoms with Crippen molar-refractivity contribution in [3.8, 4) is 0 Å². The van der Waals surface area contributed by atoms with Crippen LogP contribution in [0.4, 0.5) is 16.2 Å². The number of hydrogen-bond donors (Lipinski definition) is 3. The molecule has 2 aromatic rings. The highest BCUT2D eigenvalue weighted by atomic mass is 79.9. The summed E-state index contributed by atoms with van der Waals surface area (Å²) in [5, 5.41) is 5.25. The average Bonchev–Trinajstić information content (AvgIpc) is 2.41. The van der Waals surface area contributed by atoms with Gasteiger partial charge in [-0.3, -0.25) is 4.79 Å². The minimum Gasteiger partial charge on any atom is -0.351 e. The molecule has 0 aromatic heterocycles. The number of anilines is 2. The second-order valence-electron chi connectivity index (χ2n) is 4.48. The lowest BCUT2D eigenvalue weighted by Crippen LogP contribution is -2.19. The number of halogens is 1. The van der Waals surface area contributed by atoms with E-state index in [1.165, 1.54) is 0 Å². The molecule has 2 aromatic carbocycles. The first kappa shape index (κ1) is 15.1. The van der Waals surface area contributed by atoms with Crippen LogP contribution in [0.25, 0.3) is 0 Å². The van der Waals surface area contributed by atoms with E-state index < -0.39 is 6.03 Å². The van der Waals surface area contributed by atoms with E-state index in [0.29, 0.717) is 16.9 Å². The molecule has 2 rings (SSSR count). The smallest absolute Gasteiger partial charge is 0.316 e. The van der Waals surface area contributed by atoms with Crippen LogP contribution in [0.3, 0.4) is 0 Å². The highest BCUT2D eigenvalue weighted by Crippen LogP contribution is 2.19. The van der Waals surface area contributed by atoms with Gasteiger partial charge < -0.3 is 16.4 Å². The Morgan fingerprint density at radius 3 is 2.38 bits per heavy atom. The molecule has 0 aliphatic carbocycles. The van der Waals surface area contributed by atoms with Crippen LogP contribution in [0.2, 0.25) is 0 Å². The molecule has 0 aliphatic rings. The maximum atomic E-state index is 12.3. The highest BCUT2D eigenvalue weighted by Gasteiger charge is 2.10. The topological polar surface area (TPSA) is 84.2 Å². The Bertz CT molecular complexity index is 701. The van der Waals surface area contributed by atoms with E-state index in [1.807, 2.05) is 19.1 Å². The van der Waals surface area contributed by atoms with Crippen molar-refractivity contribution in [1.82, 2.24) is 0 Å². The van der Waals surface area contributed by atoms with Gasteiger partial charge in [-0.1, -0.05) is 28.1 Å². The fraction of sp³-hybridized carbons (Fsp3) is 0.0667. The third kappa shape index (κ3) is 4.06. The fourth-order valence-corrected chi connectivity index (χ4v) is 2.22. The van der Waals surface area contributed by atoms with Crippen molar-refractivity contribution in [3.63, 3.8) is 0 Å². The van der Waals surface area contributed by atoms with Crippen LogP contribution in [0.5, 0.6) is 0 Å². The van der Waals surface area contributed by atoms with Crippen molar-refractivity contribution < 1.29 is 9.59 Å². The number of amides is 3. The molecule has 0 saturated carbocycles. The summed E-state index contributed by atoms with van der Waals surface area (Å²) >= 11 is 3.35. The summed E-state index contributed by atoms with van der Waals surface area (Å²) in [6.45, 7) is 1.87. The van der Waals surface area contributed by atoms with E-state index in [1.54, 1.807) is 30.3 Å². The van der Waals surface area contributed by atoms with E-state index in [9.17, 15) is 9.59 Å². The molecule has 0 unspecified atom stereocenters. The number of nitrogens with one attached hydrogen (secondary N) is 2. The molecule has 3 amide bonds. The molecule has 108 valence electrons. The van der Waals surface area contributed by atoms with Crippen LogP contribution >= 0.6 is 15.9 Å². The lowest BCUT2D eigenvalue weighted by Gasteiger charge is -2.09. The molecule has 0 spiro atoms. The van der Waals surface area contributed by atoms with Gasteiger partial charge in [0.25, 0.3) is 5.91 Å². The number of primary amides is 1. The Hall–Kier alpha value is -2.34. The van der Waals surface area contributed by atoms with Crippen LogP contribution in [-0.4, -0.2) is 11.9 Å². The van der Waals surface area contributed by atoms with Gasteiger partial charge in [-0.25, -0.2) is 4.79 Å². The van der Waals surface area contributed by atoms with Gasteiger partial charge in [-0.05, 0) is 42.8 Å². The van der Waals surface area contributed by atoms with E-state index in [0.717, 1.165) is 10.0 Å². The summed E-state index contributed by atoms with van der Waals surface area (Å²) in [7, 11) is 0. The van der Waals surface area contributed by atoms with E-state index in [-0.39, 0.29) is 5.91 Å². The van der Waals surface area contributed by atoms with Crippen molar-refractivity contribution in [2.24, 2.45) is 5.73 Å². The van der Waals surface area contributed by atoms with Crippen LogP contribution in [0.1, 0.15) is 15.9 Å². The molecule has 0 fully saturated rings. The molecule has 6 heteroatoms. The fourth-order valence-electron chi connectivity index (χ4n) is 1.85. The highest BCUT2D eigenvalue weighted by molar-refractivity contribution is 9.10. The largest absolute Gasteiger partial charge is 0.351 e. The number of urea groups is 1. The van der Waals surface area contributed by atoms with Gasteiger partial charge in [0.15, 0.2) is 0 Å². The molecule has 0 radical (unpaired) electrons. The van der Waals surface area contributed by atoms with Gasteiger partial charge in [-0.2, -0.15) is 0 Å². The Morgan fingerprint density at radius 1 is 1.05 bits per heavy atom. The minimum absolute atomic E-state index is 0.218. The molecular weight excluding hydrogens is 334 g/mol. The summed E-state index contributed by atoms with van der Waals surface area (Å²) in [6, 6.07) is 11.6. The lowest BCUT2D eigenvalue weighted by atomic mass is 10.1. The van der Waals surface area contributed by atoms with Crippen molar-refractivity contribution in [2.45, 2.75) is 6.92 Å². The SMILES string of the molecule is Cc1ccc(Br)cc1C(=O)Nc1cccc(NC(N)=O)c1. The normalized spacial score (nSPS) is 10.0. The molecule has 5 nitrogen and oxygen atoms in total. The van der Waals surface area contributed by atoms with Gasteiger partial charge in [0.2, 0.25) is 0 Å². The number of carbonyl (C=O) groups excluding carboxylic acids is 2. The first-order valence-corrected chi connectivity index (χ1v) is 6.99. The second kappa shape index (κ2) is 6.41. The predicted molar refractivity (Wildman–Crippen MR) is 86.5 cm³/mol. The Morgan fingerprint density at radius 2 is 1.71 bits per heavy atom. The number of benzene rings is 2. The molecule has 0 heterocycles. The quantitative estimate of drug-likeness (QED) is 0.793. The zero-order valence-electron chi connectivity index (χ0n) is 11.3. The zero-order valence-corrected chi connectivity index (χ0v) is 12.9. The number of carbonyl (C=O) groups is 2. The number of aryl methyl sites for hydroxylation is 1. The summed E-state index contributed by atoms with van der Waals surface area (Å²) in [5.41, 5.74) is 7.61. The first-order valence-electron chi connectivity index (χ1n) is 6.20. The van der Waals surface area contributed by atoms with Crippen molar-refractivity contribution >= 4 is 39.2 Å². The van der Waals surface area contributed by atoms with Crippen LogP contribution < -0.4 is 16.4 Å². The van der Waals surface area contributed by atoms with E-state index in [2.05, 4.69) is 26.6 Å². The van der Waals surface area contributed by atoms with Gasteiger partial charge in [0, 0.05) is 21.4 Å². The number of hydrogen-bond acceptors (Lipinski definition) is 2. The third-order valence-corrected chi connectivity index (χ3v) is 3.33. The van der Waals surface area contributed by atoms with Crippen molar-refractivity contribution in [1.29, 1.82) is 0 Å². The standard InChI is InChI=1S/C15H14BrN3O2/c1-9-5-6-10(16)7-13(9)14(20)18-11-3-2-4-12(8-11)19-15(17)21/h2-8H,1H3,(H,18,20)(H3,17,19,21). The summed E-state index contributed by atoms with van der Waals surface area (Å²) in [5.74, 6) is -0.218. The van der Waals surface area contributed by atoms with Gasteiger partial charge in [-0.15, -0.1) is 0 Å². The monoisotopic (exact) mass is 347 g/mol. The van der Waals surface area contributed by atoms with Crippen molar-refractivity contribution in [2.75, 3.05) is 10.6 Å². The maximum absolute atomic E-state index is 12.3. The van der Waals surface area contributed by atoms with E-state index in [4.69, 9.17) is 5.73 Å². The number of nitrogens with two attached hydrogens (primary N) is 1. The van der Waals surface area contributed by atoms with E-state index >= 15 is 0 Å². The first-order chi connectivity index (χ1) is 9.95. The third-order valence-electron chi connectivity index (χ3n) is 2.83. The molecule has 0 bridgehead atoms. The molecule has 0 saturated heterocycles. The molecular formula is C15H14BrN3O2. The van der Waals surface area contributed by atoms with Crippen molar-refractivity contribution in [3.05, 3.63) is 58.1 Å². The zero-order chi connectivity index (χ0) is 15.4. The van der Waals surface area contributed by atoms with Crippen LogP contribution in [-0.2, 0) is 0 Å². The predicted octanol–water partition coefficient (Wildman–Crippen LogP) is 3.50. The minimum atomic E-state index is -0.652. The molecule has 0 aliphatic heterocycles. The second-order valence-corrected chi connectivity index (χ2v) is 5.40. The summed E-state index contributed by atoms with van der Waals surface area (Å²) < 4.78 is 0.836. The van der Waals surface area contributed by atoms with Crippen LogP contribution in [0, 0.1) is 6.92 Å². The summed E-state index contributed by atoms with van der Waals surface area (Å²) in [6.07, 6.45) is 0. The molecule has 4 N–H and O–H groups in total. The molecule has 21 heavy (non-hydrogen) atoms. The average molecular weight is 348 g/mol. The Labute approximate surface area is 130 Å². The Kier molecular flexibility index (Phi) is 4.59. The lowest BCUT2D eigenvalue weighted by molar-refractivity contribution is 0.102. The van der Waals surface area contributed by atoms with Gasteiger partial charge in [0.1, 0.15) is 0 Å². The van der Waals surface area contributed by atoms with Gasteiger partial charge >= 0.3 is 6.03 Å². The maximum Gasteiger partial charge on any atom is 0.316 e. The van der Waals surface area contributed by atoms with Crippen LogP contribution in [0.15, 0.2) is 46.9 Å². The number of rotatable bonds is 3. The Balaban J connectivity index is 2.19.